The lowest BCUT2D eigenvalue weighted by molar-refractivity contribution is -0.385. The fraction of sp³-hybridized carbons (Fsp3) is 0.409. The molecule has 2 unspecified atom stereocenters. The maximum absolute atomic E-state index is 13.1. The Kier molecular flexibility index (Phi) is 6.66. The molecule has 1 aliphatic rings. The van der Waals surface area contributed by atoms with Gasteiger partial charge in [0.05, 0.1) is 4.92 Å². The van der Waals surface area contributed by atoms with Gasteiger partial charge in [0.25, 0.3) is 11.6 Å². The van der Waals surface area contributed by atoms with Gasteiger partial charge >= 0.3 is 0 Å². The Labute approximate surface area is 175 Å². The highest BCUT2D eigenvalue weighted by atomic mass is 19.1. The van der Waals surface area contributed by atoms with E-state index < -0.39 is 4.92 Å². The van der Waals surface area contributed by atoms with Crippen molar-refractivity contribution in [2.75, 3.05) is 19.7 Å². The molecule has 0 saturated carbocycles. The first-order valence-electron chi connectivity index (χ1n) is 9.90. The number of carbonyl (C=O) groups excluding carboxylic acids is 1. The predicted octanol–water partition coefficient (Wildman–Crippen LogP) is 3.54. The lowest BCUT2D eigenvalue weighted by Crippen LogP contribution is -2.58. The third kappa shape index (κ3) is 5.13. The van der Waals surface area contributed by atoms with Crippen molar-refractivity contribution in [1.29, 1.82) is 0 Å². The van der Waals surface area contributed by atoms with Gasteiger partial charge in [0.2, 0.25) is 0 Å². The molecule has 0 bridgehead atoms. The van der Waals surface area contributed by atoms with Gasteiger partial charge in [-0.15, -0.1) is 0 Å². The highest BCUT2D eigenvalue weighted by molar-refractivity contribution is 5.78. The van der Waals surface area contributed by atoms with Crippen molar-refractivity contribution >= 4 is 11.6 Å². The fourth-order valence-corrected chi connectivity index (χ4v) is 3.74. The number of hydrogen-bond donors (Lipinski definition) is 0. The number of nitrogens with zero attached hydrogens (tertiary/aromatic N) is 3. The van der Waals surface area contributed by atoms with Gasteiger partial charge in [-0.25, -0.2) is 4.39 Å². The molecule has 30 heavy (non-hydrogen) atoms. The van der Waals surface area contributed by atoms with E-state index in [-0.39, 0.29) is 36.1 Å². The summed E-state index contributed by atoms with van der Waals surface area (Å²) in [6.07, 6.45) is 0. The summed E-state index contributed by atoms with van der Waals surface area (Å²) in [5.41, 5.74) is 1.54. The van der Waals surface area contributed by atoms with Crippen molar-refractivity contribution < 1.29 is 18.8 Å². The molecule has 1 amide bonds. The summed E-state index contributed by atoms with van der Waals surface area (Å²) in [6, 6.07) is 11.1. The van der Waals surface area contributed by atoms with Gasteiger partial charge in [-0.1, -0.05) is 12.1 Å². The van der Waals surface area contributed by atoms with Gasteiger partial charge < -0.3 is 9.64 Å². The molecule has 1 fully saturated rings. The van der Waals surface area contributed by atoms with E-state index in [1.54, 1.807) is 25.1 Å². The molecule has 0 spiro atoms. The number of nitro benzene ring substituents is 1. The van der Waals surface area contributed by atoms with E-state index in [4.69, 9.17) is 4.74 Å². The zero-order valence-electron chi connectivity index (χ0n) is 17.4. The topological polar surface area (TPSA) is 75.9 Å². The van der Waals surface area contributed by atoms with Crippen molar-refractivity contribution in [2.24, 2.45) is 0 Å². The maximum atomic E-state index is 13.1. The smallest absolute Gasteiger partial charge is 0.272 e. The molecule has 2 atom stereocenters. The van der Waals surface area contributed by atoms with Crippen LogP contribution in [0.3, 0.4) is 0 Å². The van der Waals surface area contributed by atoms with E-state index in [1.165, 1.54) is 24.3 Å². The Morgan fingerprint density at radius 2 is 1.87 bits per heavy atom. The number of carbonyl (C=O) groups is 1. The summed E-state index contributed by atoms with van der Waals surface area (Å²) in [7, 11) is 0. The van der Waals surface area contributed by atoms with Crippen LogP contribution in [-0.2, 0) is 11.3 Å². The molecule has 1 saturated heterocycles. The van der Waals surface area contributed by atoms with Crippen LogP contribution in [0.2, 0.25) is 0 Å². The van der Waals surface area contributed by atoms with Gasteiger partial charge in [0.1, 0.15) is 11.6 Å². The molecule has 0 radical (unpaired) electrons. The van der Waals surface area contributed by atoms with Crippen LogP contribution in [0.15, 0.2) is 42.5 Å². The van der Waals surface area contributed by atoms with Crippen LogP contribution >= 0.6 is 0 Å². The molecule has 1 aliphatic heterocycles. The number of aryl methyl sites for hydroxylation is 1. The lowest BCUT2D eigenvalue weighted by atomic mass is 10.1. The molecule has 2 aromatic carbocycles. The average Bonchev–Trinajstić information content (AvgIpc) is 2.70. The molecule has 1 heterocycles. The van der Waals surface area contributed by atoms with Crippen LogP contribution in [0.5, 0.6) is 5.75 Å². The summed E-state index contributed by atoms with van der Waals surface area (Å²) in [6.45, 7) is 7.56. The standard InChI is InChI=1S/C22H26FN3O4/c1-15-10-20(8-9-21(15)26(28)29)30-14-22(27)25-12-16(2)24(11-17(25)3)13-18-4-6-19(23)7-5-18/h4-10,16-17H,11-14H2,1-3H3. The van der Waals surface area contributed by atoms with Crippen LogP contribution in [0.1, 0.15) is 25.0 Å². The fourth-order valence-electron chi connectivity index (χ4n) is 3.74. The molecule has 2 aromatic rings. The van der Waals surface area contributed by atoms with Crippen molar-refractivity contribution in [1.82, 2.24) is 9.80 Å². The minimum atomic E-state index is -0.446. The van der Waals surface area contributed by atoms with E-state index in [9.17, 15) is 19.3 Å². The third-order valence-corrected chi connectivity index (χ3v) is 5.46. The first kappa shape index (κ1) is 21.7. The Hall–Kier alpha value is -3.00. The monoisotopic (exact) mass is 415 g/mol. The molecule has 0 N–H and O–H groups in total. The van der Waals surface area contributed by atoms with E-state index in [0.717, 1.165) is 5.56 Å². The molecule has 160 valence electrons. The van der Waals surface area contributed by atoms with Gasteiger partial charge in [-0.3, -0.25) is 19.8 Å². The second-order valence-electron chi connectivity index (χ2n) is 7.79. The number of ether oxygens (including phenoxy) is 1. The van der Waals surface area contributed by atoms with Gasteiger partial charge in [-0.2, -0.15) is 0 Å². The maximum Gasteiger partial charge on any atom is 0.272 e. The highest BCUT2D eigenvalue weighted by Gasteiger charge is 2.32. The number of rotatable bonds is 6. The highest BCUT2D eigenvalue weighted by Crippen LogP contribution is 2.23. The molecule has 0 aromatic heterocycles. The van der Waals surface area contributed by atoms with Crippen LogP contribution < -0.4 is 4.74 Å². The minimum absolute atomic E-state index is 0.0105. The third-order valence-electron chi connectivity index (χ3n) is 5.46. The summed E-state index contributed by atoms with van der Waals surface area (Å²) >= 11 is 0. The molecule has 8 heteroatoms. The van der Waals surface area contributed by atoms with Crippen molar-refractivity contribution in [2.45, 2.75) is 39.4 Å². The van der Waals surface area contributed by atoms with E-state index in [1.807, 2.05) is 11.8 Å². The molecule has 3 rings (SSSR count). The van der Waals surface area contributed by atoms with E-state index in [0.29, 0.717) is 30.9 Å². The van der Waals surface area contributed by atoms with Crippen LogP contribution in [0.4, 0.5) is 10.1 Å². The van der Waals surface area contributed by atoms with Crippen LogP contribution in [0.25, 0.3) is 0 Å². The number of amides is 1. The Morgan fingerprint density at radius 3 is 2.50 bits per heavy atom. The number of benzene rings is 2. The van der Waals surface area contributed by atoms with E-state index >= 15 is 0 Å². The summed E-state index contributed by atoms with van der Waals surface area (Å²) in [5.74, 6) is 0.0627. The normalized spacial score (nSPS) is 19.5. The minimum Gasteiger partial charge on any atom is -0.484 e. The van der Waals surface area contributed by atoms with Gasteiger partial charge in [0.15, 0.2) is 6.61 Å². The van der Waals surface area contributed by atoms with Crippen molar-refractivity contribution in [3.63, 3.8) is 0 Å². The largest absolute Gasteiger partial charge is 0.484 e. The second-order valence-corrected chi connectivity index (χ2v) is 7.79. The molecule has 7 nitrogen and oxygen atoms in total. The molecule has 0 aliphatic carbocycles. The quantitative estimate of drug-likeness (QED) is 0.533. The number of halogens is 1. The van der Waals surface area contributed by atoms with Crippen molar-refractivity contribution in [3.8, 4) is 5.75 Å². The van der Waals surface area contributed by atoms with Crippen LogP contribution in [0, 0.1) is 22.9 Å². The van der Waals surface area contributed by atoms with Crippen LogP contribution in [-0.4, -0.2) is 52.4 Å². The SMILES string of the molecule is Cc1cc(OCC(=O)N2CC(C)N(Cc3ccc(F)cc3)CC2C)ccc1[N+](=O)[O-]. The Morgan fingerprint density at radius 1 is 1.17 bits per heavy atom. The Bertz CT molecular complexity index is 919. The molecular formula is C22H26FN3O4. The van der Waals surface area contributed by atoms with Crippen molar-refractivity contribution in [3.05, 3.63) is 69.5 Å². The second kappa shape index (κ2) is 9.21. The first-order chi connectivity index (χ1) is 14.2. The number of piperazine rings is 1. The summed E-state index contributed by atoms with van der Waals surface area (Å²) < 4.78 is 18.7. The number of hydrogen-bond acceptors (Lipinski definition) is 5. The Balaban J connectivity index is 1.56. The average molecular weight is 415 g/mol. The zero-order chi connectivity index (χ0) is 21.8. The predicted molar refractivity (Wildman–Crippen MR) is 111 cm³/mol. The first-order valence-corrected chi connectivity index (χ1v) is 9.90. The summed E-state index contributed by atoms with van der Waals surface area (Å²) in [5, 5.41) is 10.9. The number of nitro groups is 1. The van der Waals surface area contributed by atoms with Gasteiger partial charge in [0, 0.05) is 43.3 Å². The lowest BCUT2D eigenvalue weighted by Gasteiger charge is -2.44. The van der Waals surface area contributed by atoms with E-state index in [2.05, 4.69) is 11.8 Å². The molecular weight excluding hydrogens is 389 g/mol. The van der Waals surface area contributed by atoms with Gasteiger partial charge in [-0.05, 0) is 50.6 Å². The zero-order valence-corrected chi connectivity index (χ0v) is 17.4. The summed E-state index contributed by atoms with van der Waals surface area (Å²) in [4.78, 5) is 27.3.